The van der Waals surface area contributed by atoms with E-state index in [1.54, 1.807) is 0 Å². The van der Waals surface area contributed by atoms with Crippen LogP contribution in [0.2, 0.25) is 0 Å². The molecule has 7 nitrogen and oxygen atoms in total. The van der Waals surface area contributed by atoms with Gasteiger partial charge >= 0.3 is 5.97 Å². The summed E-state index contributed by atoms with van der Waals surface area (Å²) in [5.74, 6) is -1.30. The van der Waals surface area contributed by atoms with Crippen LogP contribution in [0.1, 0.15) is 17.3 Å². The number of nitrogens with two attached hydrogens (primary N) is 1. The quantitative estimate of drug-likeness (QED) is 0.777. The SMILES string of the molecule is CC1CN(S(=O)(=O)c2ccc(N)cc2C(=O)O)CCN1C. The van der Waals surface area contributed by atoms with Crippen LogP contribution >= 0.6 is 0 Å². The maximum absolute atomic E-state index is 12.7. The Bertz CT molecular complexity index is 659. The third-order valence-electron chi connectivity index (χ3n) is 3.77. The molecule has 1 fully saturated rings. The van der Waals surface area contributed by atoms with Gasteiger partial charge in [0.05, 0.1) is 10.5 Å². The minimum absolute atomic E-state index is 0.0792. The zero-order valence-corrected chi connectivity index (χ0v) is 12.8. The van der Waals surface area contributed by atoms with Crippen molar-refractivity contribution in [1.29, 1.82) is 0 Å². The topological polar surface area (TPSA) is 104 Å². The van der Waals surface area contributed by atoms with E-state index in [2.05, 4.69) is 4.90 Å². The number of likely N-dealkylation sites (N-methyl/N-ethyl adjacent to an activating group) is 1. The molecule has 1 unspecified atom stereocenters. The van der Waals surface area contributed by atoms with Gasteiger partial charge < -0.3 is 15.7 Å². The van der Waals surface area contributed by atoms with Gasteiger partial charge in [-0.15, -0.1) is 0 Å². The van der Waals surface area contributed by atoms with Crippen LogP contribution in [0.25, 0.3) is 0 Å². The summed E-state index contributed by atoms with van der Waals surface area (Å²) in [6.07, 6.45) is 0. The Morgan fingerprint density at radius 3 is 2.62 bits per heavy atom. The van der Waals surface area contributed by atoms with Crippen molar-refractivity contribution < 1.29 is 18.3 Å². The molecule has 1 aliphatic heterocycles. The summed E-state index contributed by atoms with van der Waals surface area (Å²) >= 11 is 0. The number of aromatic carboxylic acids is 1. The molecule has 8 heteroatoms. The summed E-state index contributed by atoms with van der Waals surface area (Å²) in [4.78, 5) is 13.1. The molecule has 0 bridgehead atoms. The molecule has 21 heavy (non-hydrogen) atoms. The van der Waals surface area contributed by atoms with E-state index in [1.807, 2.05) is 14.0 Å². The molecule has 0 aromatic heterocycles. The number of carboxylic acid groups (broad SMARTS) is 1. The first kappa shape index (κ1) is 15.7. The number of nitrogen functional groups attached to an aromatic ring is 1. The number of carboxylic acids is 1. The second-order valence-electron chi connectivity index (χ2n) is 5.25. The zero-order chi connectivity index (χ0) is 15.8. The highest BCUT2D eigenvalue weighted by molar-refractivity contribution is 7.89. The minimum atomic E-state index is -3.84. The van der Waals surface area contributed by atoms with Gasteiger partial charge in [-0.1, -0.05) is 0 Å². The van der Waals surface area contributed by atoms with Crippen LogP contribution in [0.15, 0.2) is 23.1 Å². The highest BCUT2D eigenvalue weighted by Gasteiger charge is 2.33. The first-order valence-electron chi connectivity index (χ1n) is 6.56. The Morgan fingerprint density at radius 1 is 1.38 bits per heavy atom. The molecular weight excluding hydrogens is 294 g/mol. The maximum atomic E-state index is 12.7. The van der Waals surface area contributed by atoms with E-state index in [0.29, 0.717) is 19.6 Å². The highest BCUT2D eigenvalue weighted by Crippen LogP contribution is 2.24. The Kier molecular flexibility index (Phi) is 4.22. The van der Waals surface area contributed by atoms with Gasteiger partial charge in [0.2, 0.25) is 10.0 Å². The van der Waals surface area contributed by atoms with E-state index in [1.165, 1.54) is 22.5 Å². The molecule has 2 rings (SSSR count). The first-order chi connectivity index (χ1) is 9.73. The van der Waals surface area contributed by atoms with Crippen molar-refractivity contribution in [3.05, 3.63) is 23.8 Å². The van der Waals surface area contributed by atoms with Gasteiger partial charge in [0, 0.05) is 31.4 Å². The molecule has 3 N–H and O–H groups in total. The number of piperazine rings is 1. The van der Waals surface area contributed by atoms with Crippen molar-refractivity contribution in [3.63, 3.8) is 0 Å². The summed E-state index contributed by atoms with van der Waals surface area (Å²) < 4.78 is 26.7. The van der Waals surface area contributed by atoms with Crippen LogP contribution in [0.5, 0.6) is 0 Å². The monoisotopic (exact) mass is 313 g/mol. The molecule has 1 aromatic rings. The van der Waals surface area contributed by atoms with Crippen LogP contribution in [0.3, 0.4) is 0 Å². The van der Waals surface area contributed by atoms with Gasteiger partial charge in [0.1, 0.15) is 0 Å². The summed E-state index contributed by atoms with van der Waals surface area (Å²) in [6.45, 7) is 3.22. The minimum Gasteiger partial charge on any atom is -0.478 e. The normalized spacial score (nSPS) is 21.3. The molecule has 116 valence electrons. The van der Waals surface area contributed by atoms with E-state index in [-0.39, 0.29) is 22.2 Å². The van der Waals surface area contributed by atoms with Crippen LogP contribution in [0, 0.1) is 0 Å². The predicted octanol–water partition coefficient (Wildman–Crippen LogP) is 0.292. The number of benzene rings is 1. The molecule has 1 saturated heterocycles. The molecule has 1 atom stereocenters. The van der Waals surface area contributed by atoms with Gasteiger partial charge in [0.15, 0.2) is 0 Å². The highest BCUT2D eigenvalue weighted by atomic mass is 32.2. The largest absolute Gasteiger partial charge is 0.478 e. The van der Waals surface area contributed by atoms with Gasteiger partial charge in [-0.3, -0.25) is 0 Å². The smallest absolute Gasteiger partial charge is 0.337 e. The lowest BCUT2D eigenvalue weighted by Crippen LogP contribution is -2.52. The fourth-order valence-electron chi connectivity index (χ4n) is 2.31. The lowest BCUT2D eigenvalue weighted by Gasteiger charge is -2.37. The van der Waals surface area contributed by atoms with Crippen LogP contribution in [0.4, 0.5) is 5.69 Å². The van der Waals surface area contributed by atoms with E-state index in [4.69, 9.17) is 5.73 Å². The van der Waals surface area contributed by atoms with Gasteiger partial charge in [-0.05, 0) is 32.2 Å². The Labute approximate surface area is 124 Å². The van der Waals surface area contributed by atoms with Crippen molar-refractivity contribution in [2.24, 2.45) is 0 Å². The third kappa shape index (κ3) is 3.02. The second kappa shape index (κ2) is 5.63. The summed E-state index contributed by atoms with van der Waals surface area (Å²) in [5, 5.41) is 9.20. The number of hydrogen-bond acceptors (Lipinski definition) is 5. The molecule has 0 spiro atoms. The Morgan fingerprint density at radius 2 is 2.05 bits per heavy atom. The number of rotatable bonds is 3. The number of anilines is 1. The van der Waals surface area contributed by atoms with Crippen molar-refractivity contribution in [3.8, 4) is 0 Å². The van der Waals surface area contributed by atoms with Crippen LogP contribution in [-0.2, 0) is 10.0 Å². The van der Waals surface area contributed by atoms with Crippen LogP contribution < -0.4 is 5.73 Å². The average molecular weight is 313 g/mol. The van der Waals surface area contributed by atoms with Crippen molar-refractivity contribution in [1.82, 2.24) is 9.21 Å². The zero-order valence-electron chi connectivity index (χ0n) is 12.0. The van der Waals surface area contributed by atoms with Crippen molar-refractivity contribution in [2.45, 2.75) is 17.9 Å². The number of nitrogens with zero attached hydrogens (tertiary/aromatic N) is 2. The molecule has 1 aliphatic rings. The fourth-order valence-corrected chi connectivity index (χ4v) is 3.99. The second-order valence-corrected chi connectivity index (χ2v) is 7.16. The van der Waals surface area contributed by atoms with E-state index >= 15 is 0 Å². The molecule has 0 aliphatic carbocycles. The number of sulfonamides is 1. The number of hydrogen-bond donors (Lipinski definition) is 2. The first-order valence-corrected chi connectivity index (χ1v) is 8.00. The average Bonchev–Trinajstić information content (AvgIpc) is 2.41. The lowest BCUT2D eigenvalue weighted by atomic mass is 10.2. The lowest BCUT2D eigenvalue weighted by molar-refractivity contribution is 0.0692. The van der Waals surface area contributed by atoms with E-state index < -0.39 is 16.0 Å². The van der Waals surface area contributed by atoms with Gasteiger partial charge in [-0.2, -0.15) is 4.31 Å². The fraction of sp³-hybridized carbons (Fsp3) is 0.462. The Balaban J connectivity index is 2.43. The Hall–Kier alpha value is -1.64. The van der Waals surface area contributed by atoms with Gasteiger partial charge in [0.25, 0.3) is 0 Å². The van der Waals surface area contributed by atoms with E-state index in [0.717, 1.165) is 0 Å². The summed E-state index contributed by atoms with van der Waals surface area (Å²) in [7, 11) is -1.91. The van der Waals surface area contributed by atoms with Gasteiger partial charge in [-0.25, -0.2) is 13.2 Å². The number of carbonyl (C=O) groups is 1. The molecule has 1 aromatic carbocycles. The summed E-state index contributed by atoms with van der Waals surface area (Å²) in [5.41, 5.74) is 5.48. The molecule has 1 heterocycles. The molecule has 0 saturated carbocycles. The van der Waals surface area contributed by atoms with Crippen molar-refractivity contribution >= 4 is 21.7 Å². The summed E-state index contributed by atoms with van der Waals surface area (Å²) in [6, 6.07) is 3.92. The third-order valence-corrected chi connectivity index (χ3v) is 5.70. The molecule has 0 radical (unpaired) electrons. The van der Waals surface area contributed by atoms with Crippen molar-refractivity contribution in [2.75, 3.05) is 32.4 Å². The standard InChI is InChI=1S/C13H19N3O4S/c1-9-8-16(6-5-15(9)2)21(19,20)12-4-3-10(14)7-11(12)13(17)18/h3-4,7,9H,5-6,8,14H2,1-2H3,(H,17,18). The van der Waals surface area contributed by atoms with Crippen LogP contribution in [-0.4, -0.2) is 61.4 Å². The molecular formula is C13H19N3O4S. The maximum Gasteiger partial charge on any atom is 0.337 e. The van der Waals surface area contributed by atoms with E-state index in [9.17, 15) is 18.3 Å². The molecule has 0 amide bonds. The predicted molar refractivity (Wildman–Crippen MR) is 78.7 cm³/mol.